The molecule has 37 heavy (non-hydrogen) atoms. The average Bonchev–Trinajstić information content (AvgIpc) is 3.30. The molecule has 0 aliphatic carbocycles. The molecule has 2 amide bonds. The molecule has 0 atom stereocenters. The topological polar surface area (TPSA) is 162 Å². The van der Waals surface area contributed by atoms with Crippen molar-refractivity contribution >= 4 is 44.7 Å². The molecule has 0 unspecified atom stereocenters. The van der Waals surface area contributed by atoms with Gasteiger partial charge in [-0.05, 0) is 36.4 Å². The Bertz CT molecular complexity index is 1420. The van der Waals surface area contributed by atoms with Gasteiger partial charge < -0.3 is 20.1 Å². The quantitative estimate of drug-likeness (QED) is 0.371. The number of carbonyl (C=O) groups excluding carboxylic acids is 3. The maximum atomic E-state index is 12.8. The highest BCUT2D eigenvalue weighted by atomic mass is 32.2. The van der Waals surface area contributed by atoms with E-state index >= 15 is 0 Å². The molecule has 0 spiro atoms. The van der Waals surface area contributed by atoms with E-state index < -0.39 is 28.0 Å². The third kappa shape index (κ3) is 6.03. The van der Waals surface area contributed by atoms with Crippen molar-refractivity contribution in [3.05, 3.63) is 47.5 Å². The van der Waals surface area contributed by atoms with Crippen molar-refractivity contribution < 1.29 is 32.3 Å². The number of nitrogens with one attached hydrogen (secondary N) is 2. The Morgan fingerprint density at radius 2 is 1.70 bits per heavy atom. The number of urea groups is 1. The summed E-state index contributed by atoms with van der Waals surface area (Å²) in [6, 6.07) is 8.00. The largest absolute Gasteiger partial charge is 0.465 e. The molecular formula is C23H28N6O7S. The van der Waals surface area contributed by atoms with E-state index in [2.05, 4.69) is 25.7 Å². The Kier molecular flexibility index (Phi) is 8.78. The summed E-state index contributed by atoms with van der Waals surface area (Å²) in [5.74, 6) is -1.32. The average molecular weight is 533 g/mol. The minimum Gasteiger partial charge on any atom is -0.465 e. The number of nitrogens with zero attached hydrogens (tertiary/aromatic N) is 4. The van der Waals surface area contributed by atoms with Gasteiger partial charge in [-0.3, -0.25) is 0 Å². The molecule has 0 saturated carbocycles. The fourth-order valence-electron chi connectivity index (χ4n) is 3.61. The van der Waals surface area contributed by atoms with E-state index in [0.29, 0.717) is 24.1 Å². The zero-order valence-corrected chi connectivity index (χ0v) is 21.7. The monoisotopic (exact) mass is 532 g/mol. The molecule has 0 fully saturated rings. The van der Waals surface area contributed by atoms with Gasteiger partial charge in [-0.15, -0.1) is 5.10 Å². The van der Waals surface area contributed by atoms with Crippen LogP contribution in [-0.4, -0.2) is 79.5 Å². The van der Waals surface area contributed by atoms with Crippen LogP contribution in [-0.2, 0) is 26.0 Å². The van der Waals surface area contributed by atoms with Crippen molar-refractivity contribution in [2.45, 2.75) is 25.3 Å². The number of sulfonamides is 1. The lowest BCUT2D eigenvalue weighted by Gasteiger charge is -2.18. The van der Waals surface area contributed by atoms with Crippen LogP contribution >= 0.6 is 0 Å². The first-order valence-electron chi connectivity index (χ1n) is 11.3. The van der Waals surface area contributed by atoms with Gasteiger partial charge in [-0.25, -0.2) is 27.5 Å². The van der Waals surface area contributed by atoms with Crippen LogP contribution in [0.25, 0.3) is 11.0 Å². The van der Waals surface area contributed by atoms with Gasteiger partial charge in [0.05, 0.1) is 48.0 Å². The minimum atomic E-state index is -3.63. The maximum absolute atomic E-state index is 12.8. The minimum absolute atomic E-state index is 0.0584. The highest BCUT2D eigenvalue weighted by molar-refractivity contribution is 7.89. The first kappa shape index (κ1) is 27.5. The zero-order valence-electron chi connectivity index (χ0n) is 20.8. The summed E-state index contributed by atoms with van der Waals surface area (Å²) in [4.78, 5) is 36.5. The molecule has 1 heterocycles. The van der Waals surface area contributed by atoms with Gasteiger partial charge in [-0.2, -0.15) is 4.31 Å². The van der Waals surface area contributed by atoms with Crippen molar-refractivity contribution in [2.75, 3.05) is 39.2 Å². The standard InChI is InChI=1S/C23H28N6O7S/c1-5-28(6-2)37(33,34)16-8-10-20-19(14-16)26-27-29(20)12-11-24-23(32)25-18-13-15(21(30)35-3)7-9-17(18)22(31)36-4/h7-10,13-14H,5-6,11-12H2,1-4H3,(H2,24,25,32). The van der Waals surface area contributed by atoms with Crippen molar-refractivity contribution in [3.8, 4) is 0 Å². The number of methoxy groups -OCH3 is 2. The lowest BCUT2D eigenvalue weighted by molar-refractivity contribution is 0.0587. The van der Waals surface area contributed by atoms with Crippen LogP contribution in [0.5, 0.6) is 0 Å². The SMILES string of the molecule is CCN(CC)S(=O)(=O)c1ccc2c(c1)nnn2CCNC(=O)Nc1cc(C(=O)OC)ccc1C(=O)OC. The van der Waals surface area contributed by atoms with E-state index in [9.17, 15) is 22.8 Å². The van der Waals surface area contributed by atoms with Crippen LogP contribution in [0.15, 0.2) is 41.3 Å². The van der Waals surface area contributed by atoms with Gasteiger partial charge in [0.15, 0.2) is 0 Å². The number of hydrogen-bond acceptors (Lipinski definition) is 9. The van der Waals surface area contributed by atoms with Gasteiger partial charge in [-0.1, -0.05) is 19.1 Å². The molecule has 2 aromatic carbocycles. The second-order valence-electron chi connectivity index (χ2n) is 7.68. The summed E-state index contributed by atoms with van der Waals surface area (Å²) < 4.78 is 37.8. The Morgan fingerprint density at radius 1 is 1.00 bits per heavy atom. The van der Waals surface area contributed by atoms with E-state index in [1.165, 1.54) is 53.5 Å². The van der Waals surface area contributed by atoms with Gasteiger partial charge >= 0.3 is 18.0 Å². The number of rotatable bonds is 10. The Morgan fingerprint density at radius 3 is 2.35 bits per heavy atom. The van der Waals surface area contributed by atoms with Crippen LogP contribution in [0.3, 0.4) is 0 Å². The fourth-order valence-corrected chi connectivity index (χ4v) is 5.09. The number of anilines is 1. The maximum Gasteiger partial charge on any atom is 0.339 e. The van der Waals surface area contributed by atoms with E-state index in [0.717, 1.165) is 0 Å². The molecule has 198 valence electrons. The number of fused-ring (bicyclic) bond motifs is 1. The Balaban J connectivity index is 1.69. The van der Waals surface area contributed by atoms with Crippen LogP contribution in [0.1, 0.15) is 34.6 Å². The molecule has 0 aliphatic rings. The molecular weight excluding hydrogens is 504 g/mol. The summed E-state index contributed by atoms with van der Waals surface area (Å²) in [5.41, 5.74) is 1.27. The molecule has 14 heteroatoms. The molecule has 0 bridgehead atoms. The summed E-state index contributed by atoms with van der Waals surface area (Å²) in [7, 11) is -1.22. The second kappa shape index (κ2) is 11.8. The second-order valence-corrected chi connectivity index (χ2v) is 9.61. The molecule has 1 aromatic heterocycles. The Hall–Kier alpha value is -4.04. The zero-order chi connectivity index (χ0) is 27.2. The van der Waals surface area contributed by atoms with E-state index in [-0.39, 0.29) is 34.8 Å². The van der Waals surface area contributed by atoms with Crippen molar-refractivity contribution in [2.24, 2.45) is 0 Å². The van der Waals surface area contributed by atoms with Crippen LogP contribution in [0.4, 0.5) is 10.5 Å². The molecule has 3 aromatic rings. The first-order chi connectivity index (χ1) is 17.7. The van der Waals surface area contributed by atoms with Crippen molar-refractivity contribution in [1.29, 1.82) is 0 Å². The molecule has 0 saturated heterocycles. The number of carbonyl (C=O) groups is 3. The lowest BCUT2D eigenvalue weighted by atomic mass is 10.1. The Labute approximate surface area is 213 Å². The van der Waals surface area contributed by atoms with Crippen molar-refractivity contribution in [3.63, 3.8) is 0 Å². The third-order valence-corrected chi connectivity index (χ3v) is 7.58. The van der Waals surface area contributed by atoms with E-state index in [1.807, 2.05) is 0 Å². The summed E-state index contributed by atoms with van der Waals surface area (Å²) in [6.45, 7) is 4.61. The highest BCUT2D eigenvalue weighted by Crippen LogP contribution is 2.21. The normalized spacial score (nSPS) is 11.4. The third-order valence-electron chi connectivity index (χ3n) is 5.53. The molecule has 3 rings (SSSR count). The van der Waals surface area contributed by atoms with Gasteiger partial charge in [0, 0.05) is 19.6 Å². The highest BCUT2D eigenvalue weighted by Gasteiger charge is 2.23. The lowest BCUT2D eigenvalue weighted by Crippen LogP contribution is -2.32. The number of hydrogen-bond donors (Lipinski definition) is 2. The molecule has 13 nitrogen and oxygen atoms in total. The smallest absolute Gasteiger partial charge is 0.339 e. The van der Waals surface area contributed by atoms with Crippen LogP contribution < -0.4 is 10.6 Å². The number of esters is 2. The summed E-state index contributed by atoms with van der Waals surface area (Å²) in [6.07, 6.45) is 0. The predicted molar refractivity (Wildman–Crippen MR) is 134 cm³/mol. The van der Waals surface area contributed by atoms with Crippen LogP contribution in [0, 0.1) is 0 Å². The fraction of sp³-hybridized carbons (Fsp3) is 0.348. The van der Waals surface area contributed by atoms with Crippen LogP contribution in [0.2, 0.25) is 0 Å². The van der Waals surface area contributed by atoms with Gasteiger partial charge in [0.1, 0.15) is 5.52 Å². The molecule has 0 aliphatic heterocycles. The first-order valence-corrected chi connectivity index (χ1v) is 12.8. The number of ether oxygens (including phenoxy) is 2. The number of benzene rings is 2. The van der Waals surface area contributed by atoms with E-state index in [4.69, 9.17) is 4.74 Å². The molecule has 0 radical (unpaired) electrons. The number of amides is 2. The van der Waals surface area contributed by atoms with Gasteiger partial charge in [0.2, 0.25) is 10.0 Å². The predicted octanol–water partition coefficient (Wildman–Crippen LogP) is 1.86. The summed E-state index contributed by atoms with van der Waals surface area (Å²) >= 11 is 0. The van der Waals surface area contributed by atoms with E-state index in [1.54, 1.807) is 19.9 Å². The van der Waals surface area contributed by atoms with Gasteiger partial charge in [0.25, 0.3) is 0 Å². The summed E-state index contributed by atoms with van der Waals surface area (Å²) in [5, 5.41) is 13.3. The number of aromatic nitrogens is 3. The van der Waals surface area contributed by atoms with Crippen molar-refractivity contribution in [1.82, 2.24) is 24.6 Å². The molecule has 2 N–H and O–H groups in total.